The van der Waals surface area contributed by atoms with Crippen LogP contribution in [-0.2, 0) is 4.79 Å². The van der Waals surface area contributed by atoms with E-state index in [2.05, 4.69) is 4.98 Å². The topological polar surface area (TPSA) is 70.5 Å². The molecule has 0 unspecified atom stereocenters. The van der Waals surface area contributed by atoms with E-state index in [-0.39, 0.29) is 12.2 Å². The minimum Gasteiger partial charge on any atom is -0.478 e. The SMILES string of the molecule is CCN(CC(F)(F)F)C(=O)c1ccc(C=CC(=O)O)cn1. The van der Waals surface area contributed by atoms with Crippen LogP contribution >= 0.6 is 0 Å². The number of carbonyl (C=O) groups is 2. The van der Waals surface area contributed by atoms with Crippen LogP contribution in [0.4, 0.5) is 13.2 Å². The molecule has 0 saturated heterocycles. The minimum atomic E-state index is -4.48. The lowest BCUT2D eigenvalue weighted by molar-refractivity contribution is -0.140. The van der Waals surface area contributed by atoms with Crippen LogP contribution in [0.2, 0.25) is 0 Å². The summed E-state index contributed by atoms with van der Waals surface area (Å²) in [6, 6.07) is 2.66. The van der Waals surface area contributed by atoms with Crippen molar-refractivity contribution in [1.82, 2.24) is 9.88 Å². The van der Waals surface area contributed by atoms with E-state index in [9.17, 15) is 22.8 Å². The lowest BCUT2D eigenvalue weighted by Gasteiger charge is -2.21. The van der Waals surface area contributed by atoms with Crippen molar-refractivity contribution < 1.29 is 27.9 Å². The summed E-state index contributed by atoms with van der Waals surface area (Å²) in [5.41, 5.74) is 0.293. The van der Waals surface area contributed by atoms with Gasteiger partial charge in [-0.1, -0.05) is 6.07 Å². The molecule has 1 amide bonds. The largest absolute Gasteiger partial charge is 0.478 e. The van der Waals surface area contributed by atoms with E-state index in [1.807, 2.05) is 0 Å². The first-order valence-corrected chi connectivity index (χ1v) is 5.96. The molecule has 0 aliphatic rings. The maximum atomic E-state index is 12.3. The molecule has 5 nitrogen and oxygen atoms in total. The van der Waals surface area contributed by atoms with Crippen LogP contribution in [0.3, 0.4) is 0 Å². The molecule has 0 radical (unpaired) electrons. The van der Waals surface area contributed by atoms with Gasteiger partial charge in [-0.05, 0) is 24.6 Å². The van der Waals surface area contributed by atoms with E-state index >= 15 is 0 Å². The standard InChI is InChI=1S/C13H13F3N2O3/c1-2-18(8-13(14,15)16)12(21)10-5-3-9(7-17-10)4-6-11(19)20/h3-7H,2,8H2,1H3,(H,19,20). The van der Waals surface area contributed by atoms with Gasteiger partial charge in [-0.3, -0.25) is 9.78 Å². The van der Waals surface area contributed by atoms with Crippen molar-refractivity contribution >= 4 is 18.0 Å². The Bertz CT molecular complexity index is 539. The summed E-state index contributed by atoms with van der Waals surface area (Å²) in [6.45, 7) is -0.00101. The lowest BCUT2D eigenvalue weighted by Crippen LogP contribution is -2.39. The molecule has 1 aromatic heterocycles. The number of aromatic nitrogens is 1. The van der Waals surface area contributed by atoms with Crippen molar-refractivity contribution in [3.05, 3.63) is 35.7 Å². The summed E-state index contributed by atoms with van der Waals surface area (Å²) < 4.78 is 37.0. The number of hydrogen-bond donors (Lipinski definition) is 1. The first kappa shape index (κ1) is 16.7. The third-order valence-corrected chi connectivity index (χ3v) is 2.46. The number of nitrogens with zero attached hydrogens (tertiary/aromatic N) is 2. The second kappa shape index (κ2) is 6.87. The molecular weight excluding hydrogens is 289 g/mol. The van der Waals surface area contributed by atoms with Crippen molar-refractivity contribution in [2.24, 2.45) is 0 Å². The lowest BCUT2D eigenvalue weighted by atomic mass is 10.2. The highest BCUT2D eigenvalue weighted by Crippen LogP contribution is 2.17. The van der Waals surface area contributed by atoms with E-state index in [0.29, 0.717) is 10.5 Å². The quantitative estimate of drug-likeness (QED) is 0.847. The van der Waals surface area contributed by atoms with Crippen LogP contribution in [0.1, 0.15) is 23.0 Å². The second-order valence-electron chi connectivity index (χ2n) is 4.08. The number of rotatable bonds is 5. The van der Waals surface area contributed by atoms with Gasteiger partial charge in [-0.2, -0.15) is 13.2 Å². The van der Waals surface area contributed by atoms with Gasteiger partial charge in [0.2, 0.25) is 0 Å². The fraction of sp³-hybridized carbons (Fsp3) is 0.308. The van der Waals surface area contributed by atoms with Crippen molar-refractivity contribution in [1.29, 1.82) is 0 Å². The van der Waals surface area contributed by atoms with Gasteiger partial charge < -0.3 is 10.0 Å². The summed E-state index contributed by atoms with van der Waals surface area (Å²) in [5.74, 6) is -1.97. The van der Waals surface area contributed by atoms with Crippen molar-refractivity contribution in [3.8, 4) is 0 Å². The number of halogens is 3. The molecule has 0 aliphatic carbocycles. The van der Waals surface area contributed by atoms with Gasteiger partial charge in [0, 0.05) is 18.8 Å². The van der Waals surface area contributed by atoms with Gasteiger partial charge >= 0.3 is 12.1 Å². The molecular formula is C13H13F3N2O3. The van der Waals surface area contributed by atoms with Crippen LogP contribution in [0.25, 0.3) is 6.08 Å². The summed E-state index contributed by atoms with van der Waals surface area (Å²) in [5, 5.41) is 8.46. The highest BCUT2D eigenvalue weighted by atomic mass is 19.4. The van der Waals surface area contributed by atoms with Gasteiger partial charge in [0.25, 0.3) is 5.91 Å². The molecule has 0 fully saturated rings. The number of alkyl halides is 3. The Morgan fingerprint density at radius 2 is 2.05 bits per heavy atom. The fourth-order valence-electron chi connectivity index (χ4n) is 1.50. The van der Waals surface area contributed by atoms with E-state index in [0.717, 1.165) is 6.08 Å². The van der Waals surface area contributed by atoms with Gasteiger partial charge in [-0.25, -0.2) is 4.79 Å². The number of carbonyl (C=O) groups excluding carboxylic acids is 1. The summed E-state index contributed by atoms with van der Waals surface area (Å²) in [6.07, 6.45) is -1.11. The molecule has 8 heteroatoms. The molecule has 1 rings (SSSR count). The highest BCUT2D eigenvalue weighted by Gasteiger charge is 2.32. The summed E-state index contributed by atoms with van der Waals surface area (Å²) in [4.78, 5) is 26.6. The van der Waals surface area contributed by atoms with Crippen LogP contribution in [0, 0.1) is 0 Å². The average Bonchev–Trinajstić information content (AvgIpc) is 2.41. The zero-order valence-electron chi connectivity index (χ0n) is 11.1. The number of amides is 1. The van der Waals surface area contributed by atoms with Gasteiger partial charge in [-0.15, -0.1) is 0 Å². The van der Waals surface area contributed by atoms with Gasteiger partial charge in [0.15, 0.2) is 0 Å². The number of carboxylic acid groups (broad SMARTS) is 1. The molecule has 0 bridgehead atoms. The number of aliphatic carboxylic acids is 1. The summed E-state index contributed by atoms with van der Waals surface area (Å²) in [7, 11) is 0. The predicted molar refractivity (Wildman–Crippen MR) is 68.5 cm³/mol. The number of pyridine rings is 1. The third-order valence-electron chi connectivity index (χ3n) is 2.46. The summed E-state index contributed by atoms with van der Waals surface area (Å²) >= 11 is 0. The van der Waals surface area contributed by atoms with E-state index in [1.54, 1.807) is 0 Å². The highest BCUT2D eigenvalue weighted by molar-refractivity contribution is 5.92. The zero-order valence-corrected chi connectivity index (χ0v) is 11.1. The molecule has 0 spiro atoms. The van der Waals surface area contributed by atoms with Crippen LogP contribution < -0.4 is 0 Å². The molecule has 0 aliphatic heterocycles. The molecule has 1 heterocycles. The van der Waals surface area contributed by atoms with E-state index in [4.69, 9.17) is 5.11 Å². The Morgan fingerprint density at radius 1 is 1.38 bits per heavy atom. The van der Waals surface area contributed by atoms with Gasteiger partial charge in [0.05, 0.1) is 0 Å². The first-order valence-electron chi connectivity index (χ1n) is 5.96. The second-order valence-corrected chi connectivity index (χ2v) is 4.08. The monoisotopic (exact) mass is 302 g/mol. The fourth-order valence-corrected chi connectivity index (χ4v) is 1.50. The Morgan fingerprint density at radius 3 is 2.48 bits per heavy atom. The molecule has 1 aromatic rings. The van der Waals surface area contributed by atoms with Crippen molar-refractivity contribution in [3.63, 3.8) is 0 Å². The first-order chi connectivity index (χ1) is 9.73. The zero-order chi connectivity index (χ0) is 16.0. The predicted octanol–water partition coefficient (Wildman–Crippen LogP) is 2.20. The van der Waals surface area contributed by atoms with E-state index in [1.165, 1.54) is 31.3 Å². The Kier molecular flexibility index (Phi) is 5.45. The van der Waals surface area contributed by atoms with Crippen molar-refractivity contribution in [2.45, 2.75) is 13.1 Å². The maximum Gasteiger partial charge on any atom is 0.406 e. The van der Waals surface area contributed by atoms with Crippen molar-refractivity contribution in [2.75, 3.05) is 13.1 Å². The third kappa shape index (κ3) is 5.64. The van der Waals surface area contributed by atoms with Gasteiger partial charge in [0.1, 0.15) is 12.2 Å². The molecule has 114 valence electrons. The molecule has 0 saturated carbocycles. The van der Waals surface area contributed by atoms with E-state index < -0.39 is 24.6 Å². The molecule has 0 aromatic carbocycles. The maximum absolute atomic E-state index is 12.3. The Hall–Kier alpha value is -2.38. The molecule has 1 N–H and O–H groups in total. The normalized spacial score (nSPS) is 11.6. The van der Waals surface area contributed by atoms with Crippen LogP contribution in [0.5, 0.6) is 0 Å². The smallest absolute Gasteiger partial charge is 0.406 e. The van der Waals surface area contributed by atoms with Crippen LogP contribution in [0.15, 0.2) is 24.4 Å². The Balaban J connectivity index is 2.85. The minimum absolute atomic E-state index is 0.0965. The number of hydrogen-bond acceptors (Lipinski definition) is 3. The van der Waals surface area contributed by atoms with Crippen LogP contribution in [-0.4, -0.2) is 46.1 Å². The molecule has 21 heavy (non-hydrogen) atoms. The number of carboxylic acids is 1. The molecule has 0 atom stereocenters. The average molecular weight is 302 g/mol. The Labute approximate surface area is 118 Å².